The van der Waals surface area contributed by atoms with Gasteiger partial charge in [-0.05, 0) is 23.3 Å². The Hall–Kier alpha value is -1.80. The van der Waals surface area contributed by atoms with Gasteiger partial charge in [0.2, 0.25) is 0 Å². The fourth-order valence-electron chi connectivity index (χ4n) is 3.21. The van der Waals surface area contributed by atoms with E-state index >= 15 is 0 Å². The SMILES string of the molecule is CC1(C)c2cccc(Cl)c2-c2n[nH]c3cccc1c23. The maximum Gasteiger partial charge on any atom is 0.102 e. The van der Waals surface area contributed by atoms with Crippen molar-refractivity contribution in [3.8, 4) is 11.3 Å². The Morgan fingerprint density at radius 1 is 1.05 bits per heavy atom. The lowest BCUT2D eigenvalue weighted by Gasteiger charge is -2.33. The highest BCUT2D eigenvalue weighted by molar-refractivity contribution is 6.34. The minimum Gasteiger partial charge on any atom is -0.277 e. The zero-order chi connectivity index (χ0) is 13.2. The summed E-state index contributed by atoms with van der Waals surface area (Å²) in [6.07, 6.45) is 0. The van der Waals surface area contributed by atoms with Crippen LogP contribution in [0.25, 0.3) is 22.2 Å². The number of rotatable bonds is 0. The molecule has 0 amide bonds. The van der Waals surface area contributed by atoms with Crippen molar-refractivity contribution in [3.05, 3.63) is 52.5 Å². The van der Waals surface area contributed by atoms with E-state index in [1.54, 1.807) is 0 Å². The molecule has 3 heteroatoms. The number of aromatic amines is 1. The summed E-state index contributed by atoms with van der Waals surface area (Å²) >= 11 is 6.42. The number of H-pyrrole nitrogens is 1. The minimum absolute atomic E-state index is 0.0589. The second-order valence-corrected chi connectivity index (χ2v) is 5.99. The molecule has 1 aliphatic rings. The summed E-state index contributed by atoms with van der Waals surface area (Å²) in [4.78, 5) is 0. The van der Waals surface area contributed by atoms with Crippen molar-refractivity contribution >= 4 is 22.5 Å². The van der Waals surface area contributed by atoms with Crippen molar-refractivity contribution in [3.63, 3.8) is 0 Å². The van der Waals surface area contributed by atoms with Gasteiger partial charge in [0.25, 0.3) is 0 Å². The van der Waals surface area contributed by atoms with Gasteiger partial charge in [0.05, 0.1) is 10.5 Å². The van der Waals surface area contributed by atoms with Gasteiger partial charge in [-0.1, -0.05) is 49.7 Å². The first kappa shape index (κ1) is 11.1. The number of nitrogens with zero attached hydrogens (tertiary/aromatic N) is 1. The Morgan fingerprint density at radius 2 is 1.79 bits per heavy atom. The number of nitrogens with one attached hydrogen (secondary N) is 1. The third-order valence-electron chi connectivity index (χ3n) is 4.19. The van der Waals surface area contributed by atoms with E-state index in [-0.39, 0.29) is 5.41 Å². The molecule has 1 aliphatic carbocycles. The van der Waals surface area contributed by atoms with E-state index < -0.39 is 0 Å². The average molecular weight is 269 g/mol. The second-order valence-electron chi connectivity index (χ2n) is 5.59. The number of hydrogen-bond acceptors (Lipinski definition) is 1. The van der Waals surface area contributed by atoms with E-state index in [0.717, 1.165) is 21.8 Å². The molecular weight excluding hydrogens is 256 g/mol. The van der Waals surface area contributed by atoms with E-state index in [9.17, 15) is 0 Å². The zero-order valence-corrected chi connectivity index (χ0v) is 11.5. The number of aromatic nitrogens is 2. The molecule has 4 rings (SSSR count). The number of halogens is 1. The van der Waals surface area contributed by atoms with E-state index in [0.29, 0.717) is 0 Å². The van der Waals surface area contributed by atoms with Crippen LogP contribution in [-0.2, 0) is 5.41 Å². The molecular formula is C16H13ClN2. The summed E-state index contributed by atoms with van der Waals surface area (Å²) in [5, 5.41) is 9.58. The molecule has 1 heterocycles. The maximum atomic E-state index is 6.42. The molecule has 0 aliphatic heterocycles. The fraction of sp³-hybridized carbons (Fsp3) is 0.188. The standard InChI is InChI=1S/C16H13ClN2/c1-16(2)9-5-3-7-11(17)13(9)15-14-10(16)6-4-8-12(14)18-19-15/h3-8H,1-2H3,(H,18,19). The molecule has 3 aromatic rings. The molecule has 2 aromatic carbocycles. The van der Waals surface area contributed by atoms with Crippen LogP contribution in [0.1, 0.15) is 25.0 Å². The monoisotopic (exact) mass is 268 g/mol. The Bertz CT molecular complexity index is 815. The predicted octanol–water partition coefficient (Wildman–Crippen LogP) is 4.52. The molecule has 1 aromatic heterocycles. The summed E-state index contributed by atoms with van der Waals surface area (Å²) in [7, 11) is 0. The predicted molar refractivity (Wildman–Crippen MR) is 78.7 cm³/mol. The minimum atomic E-state index is -0.0589. The van der Waals surface area contributed by atoms with Crippen LogP contribution in [0.4, 0.5) is 0 Å². The van der Waals surface area contributed by atoms with Crippen LogP contribution < -0.4 is 0 Å². The molecule has 0 unspecified atom stereocenters. The summed E-state index contributed by atoms with van der Waals surface area (Å²) in [6, 6.07) is 12.4. The van der Waals surface area contributed by atoms with Crippen molar-refractivity contribution in [1.29, 1.82) is 0 Å². The van der Waals surface area contributed by atoms with Crippen molar-refractivity contribution in [1.82, 2.24) is 10.2 Å². The van der Waals surface area contributed by atoms with Gasteiger partial charge in [-0.2, -0.15) is 5.10 Å². The van der Waals surface area contributed by atoms with Crippen LogP contribution in [0.2, 0.25) is 5.02 Å². The molecule has 0 radical (unpaired) electrons. The van der Waals surface area contributed by atoms with Crippen LogP contribution in [-0.4, -0.2) is 10.2 Å². The average Bonchev–Trinajstić information content (AvgIpc) is 2.81. The first-order valence-electron chi connectivity index (χ1n) is 6.37. The third kappa shape index (κ3) is 1.25. The van der Waals surface area contributed by atoms with Crippen molar-refractivity contribution in [2.75, 3.05) is 0 Å². The first-order valence-corrected chi connectivity index (χ1v) is 6.75. The lowest BCUT2D eigenvalue weighted by atomic mass is 9.70. The van der Waals surface area contributed by atoms with Gasteiger partial charge in [-0.25, -0.2) is 0 Å². The molecule has 0 spiro atoms. The molecule has 0 bridgehead atoms. The third-order valence-corrected chi connectivity index (χ3v) is 4.50. The van der Waals surface area contributed by atoms with Crippen molar-refractivity contribution in [2.24, 2.45) is 0 Å². The van der Waals surface area contributed by atoms with E-state index in [2.05, 4.69) is 48.3 Å². The van der Waals surface area contributed by atoms with Crippen molar-refractivity contribution in [2.45, 2.75) is 19.3 Å². The lowest BCUT2D eigenvalue weighted by molar-refractivity contribution is 0.645. The highest BCUT2D eigenvalue weighted by Crippen LogP contribution is 2.49. The van der Waals surface area contributed by atoms with Gasteiger partial charge < -0.3 is 0 Å². The lowest BCUT2D eigenvalue weighted by Crippen LogP contribution is -2.23. The van der Waals surface area contributed by atoms with E-state index in [1.165, 1.54) is 16.5 Å². The fourth-order valence-corrected chi connectivity index (χ4v) is 3.47. The Morgan fingerprint density at radius 3 is 2.63 bits per heavy atom. The van der Waals surface area contributed by atoms with Crippen LogP contribution in [0.3, 0.4) is 0 Å². The topological polar surface area (TPSA) is 28.7 Å². The highest BCUT2D eigenvalue weighted by Gasteiger charge is 2.35. The maximum absolute atomic E-state index is 6.42. The Balaban J connectivity index is 2.28. The largest absolute Gasteiger partial charge is 0.277 e. The zero-order valence-electron chi connectivity index (χ0n) is 10.8. The van der Waals surface area contributed by atoms with Gasteiger partial charge >= 0.3 is 0 Å². The van der Waals surface area contributed by atoms with E-state index in [1.807, 2.05) is 12.1 Å². The van der Waals surface area contributed by atoms with Crippen LogP contribution >= 0.6 is 11.6 Å². The molecule has 19 heavy (non-hydrogen) atoms. The van der Waals surface area contributed by atoms with Gasteiger partial charge in [0.1, 0.15) is 5.69 Å². The second kappa shape index (κ2) is 3.40. The number of fused-ring (bicyclic) bond motifs is 2. The normalized spacial score (nSPS) is 15.5. The molecule has 1 N–H and O–H groups in total. The highest BCUT2D eigenvalue weighted by atomic mass is 35.5. The Kier molecular flexibility index (Phi) is 1.98. The van der Waals surface area contributed by atoms with Crippen molar-refractivity contribution < 1.29 is 0 Å². The first-order chi connectivity index (χ1) is 9.10. The van der Waals surface area contributed by atoms with Gasteiger partial charge in [-0.15, -0.1) is 0 Å². The van der Waals surface area contributed by atoms with E-state index in [4.69, 9.17) is 11.6 Å². The van der Waals surface area contributed by atoms with Crippen LogP contribution in [0.15, 0.2) is 36.4 Å². The van der Waals surface area contributed by atoms with Gasteiger partial charge in [0.15, 0.2) is 0 Å². The van der Waals surface area contributed by atoms with Crippen LogP contribution in [0, 0.1) is 0 Å². The number of hydrogen-bond donors (Lipinski definition) is 1. The summed E-state index contributed by atoms with van der Waals surface area (Å²) < 4.78 is 0. The summed E-state index contributed by atoms with van der Waals surface area (Å²) in [5.74, 6) is 0. The Labute approximate surface area is 116 Å². The summed E-state index contributed by atoms with van der Waals surface area (Å²) in [6.45, 7) is 4.49. The molecule has 0 atom stereocenters. The molecule has 0 saturated carbocycles. The molecule has 2 nitrogen and oxygen atoms in total. The molecule has 0 fully saturated rings. The van der Waals surface area contributed by atoms with Gasteiger partial charge in [0, 0.05) is 16.4 Å². The summed E-state index contributed by atoms with van der Waals surface area (Å²) in [5.41, 5.74) is 5.61. The molecule has 0 saturated heterocycles. The van der Waals surface area contributed by atoms with Gasteiger partial charge in [-0.3, -0.25) is 5.10 Å². The van der Waals surface area contributed by atoms with Crippen LogP contribution in [0.5, 0.6) is 0 Å². The number of benzene rings is 2. The smallest absolute Gasteiger partial charge is 0.102 e. The quantitative estimate of drug-likeness (QED) is 0.638. The molecule has 94 valence electrons.